The summed E-state index contributed by atoms with van der Waals surface area (Å²) in [7, 11) is 1.63. The maximum atomic E-state index is 13.1. The van der Waals surface area contributed by atoms with Crippen molar-refractivity contribution in [2.45, 2.75) is 19.8 Å². The molecule has 0 saturated carbocycles. The molecule has 1 aromatic carbocycles. The fourth-order valence-corrected chi connectivity index (χ4v) is 4.83. The molecule has 1 unspecified atom stereocenters. The Morgan fingerprint density at radius 2 is 2.10 bits per heavy atom. The minimum atomic E-state index is 0.0193. The first kappa shape index (κ1) is 19.6. The third-order valence-electron chi connectivity index (χ3n) is 6.63. The molecule has 29 heavy (non-hydrogen) atoms. The Balaban J connectivity index is 1.46. The Hall–Kier alpha value is -2.67. The molecule has 4 rings (SSSR count). The average molecular weight is 396 g/mol. The minimum Gasteiger partial charge on any atom is -0.497 e. The second-order valence-electron chi connectivity index (χ2n) is 8.16. The van der Waals surface area contributed by atoms with E-state index >= 15 is 0 Å². The summed E-state index contributed by atoms with van der Waals surface area (Å²) in [5, 5.41) is 10.0. The number of aliphatic hydroxyl groups excluding tert-OH is 1. The Bertz CT molecular complexity index is 866. The Morgan fingerprint density at radius 1 is 1.31 bits per heavy atom. The molecule has 2 aliphatic rings. The molecule has 1 amide bonds. The first-order chi connectivity index (χ1) is 14.1. The molecule has 2 aliphatic heterocycles. The number of nitrogens with zero attached hydrogens (tertiary/aromatic N) is 4. The van der Waals surface area contributed by atoms with Crippen LogP contribution in [0.1, 0.15) is 28.8 Å². The van der Waals surface area contributed by atoms with Gasteiger partial charge in [0.05, 0.1) is 7.11 Å². The van der Waals surface area contributed by atoms with Crippen LogP contribution in [-0.4, -0.2) is 65.8 Å². The van der Waals surface area contributed by atoms with Crippen molar-refractivity contribution in [1.82, 2.24) is 14.9 Å². The van der Waals surface area contributed by atoms with Gasteiger partial charge in [-0.15, -0.1) is 0 Å². The first-order valence-corrected chi connectivity index (χ1v) is 10.1. The van der Waals surface area contributed by atoms with Crippen LogP contribution in [0.2, 0.25) is 0 Å². The fourth-order valence-electron chi connectivity index (χ4n) is 4.83. The van der Waals surface area contributed by atoms with Crippen molar-refractivity contribution in [3.8, 4) is 5.75 Å². The summed E-state index contributed by atoms with van der Waals surface area (Å²) in [5.41, 5.74) is 1.68. The number of aryl methyl sites for hydroxylation is 1. The monoisotopic (exact) mass is 396 g/mol. The van der Waals surface area contributed by atoms with E-state index in [0.717, 1.165) is 48.6 Å². The standard InChI is InChI=1S/C22H28N4O3/c1-16-11-18(29-2)3-4-19(16)21(28)25-9-6-22(7-10-25)14-26(12-17(22)13-27)20-5-8-23-15-24-20/h3-5,8,11,15,17,27H,6-7,9-10,12-14H2,1-2H3. The van der Waals surface area contributed by atoms with E-state index in [4.69, 9.17) is 4.74 Å². The minimum absolute atomic E-state index is 0.0193. The second-order valence-corrected chi connectivity index (χ2v) is 8.16. The molecule has 1 aromatic heterocycles. The van der Waals surface area contributed by atoms with E-state index in [9.17, 15) is 9.90 Å². The van der Waals surface area contributed by atoms with Crippen LogP contribution >= 0.6 is 0 Å². The molecule has 2 fully saturated rings. The molecule has 2 aromatic rings. The predicted octanol–water partition coefficient (Wildman–Crippen LogP) is 2.14. The molecule has 1 N–H and O–H groups in total. The molecule has 154 valence electrons. The van der Waals surface area contributed by atoms with E-state index in [1.54, 1.807) is 19.6 Å². The molecule has 1 atom stereocenters. The third-order valence-corrected chi connectivity index (χ3v) is 6.63. The normalized spacial score (nSPS) is 20.9. The first-order valence-electron chi connectivity index (χ1n) is 10.1. The molecule has 7 heteroatoms. The number of likely N-dealkylation sites (tertiary alicyclic amines) is 1. The highest BCUT2D eigenvalue weighted by Crippen LogP contribution is 2.45. The summed E-state index contributed by atoms with van der Waals surface area (Å²) in [6, 6.07) is 7.50. The van der Waals surface area contributed by atoms with Gasteiger partial charge in [-0.25, -0.2) is 9.97 Å². The summed E-state index contributed by atoms with van der Waals surface area (Å²) in [4.78, 5) is 25.6. The van der Waals surface area contributed by atoms with Crippen LogP contribution in [0.15, 0.2) is 36.8 Å². The van der Waals surface area contributed by atoms with Gasteiger partial charge in [-0.1, -0.05) is 0 Å². The van der Waals surface area contributed by atoms with Gasteiger partial charge in [0.1, 0.15) is 17.9 Å². The molecule has 0 radical (unpaired) electrons. The van der Waals surface area contributed by atoms with E-state index in [1.165, 1.54) is 0 Å². The van der Waals surface area contributed by atoms with Crippen molar-refractivity contribution in [3.05, 3.63) is 47.9 Å². The zero-order valence-electron chi connectivity index (χ0n) is 17.0. The van der Waals surface area contributed by atoms with Crippen LogP contribution in [0.5, 0.6) is 5.75 Å². The number of aliphatic hydroxyl groups is 1. The number of hydrogen-bond acceptors (Lipinski definition) is 6. The van der Waals surface area contributed by atoms with Gasteiger partial charge in [-0.2, -0.15) is 0 Å². The Labute approximate surface area is 171 Å². The maximum Gasteiger partial charge on any atom is 0.254 e. The lowest BCUT2D eigenvalue weighted by Crippen LogP contribution is -2.47. The van der Waals surface area contributed by atoms with Gasteiger partial charge in [-0.05, 0) is 55.0 Å². The van der Waals surface area contributed by atoms with Crippen molar-refractivity contribution in [3.63, 3.8) is 0 Å². The number of carbonyl (C=O) groups excluding carboxylic acids is 1. The Kier molecular flexibility index (Phi) is 5.41. The lowest BCUT2D eigenvalue weighted by molar-refractivity contribution is 0.0415. The number of benzene rings is 1. The van der Waals surface area contributed by atoms with Crippen molar-refractivity contribution in [1.29, 1.82) is 0 Å². The SMILES string of the molecule is COc1ccc(C(=O)N2CCC3(CC2)CN(c2ccncn2)CC3CO)c(C)c1. The highest BCUT2D eigenvalue weighted by atomic mass is 16.5. The van der Waals surface area contributed by atoms with E-state index in [1.807, 2.05) is 36.1 Å². The van der Waals surface area contributed by atoms with Crippen LogP contribution in [0.25, 0.3) is 0 Å². The largest absolute Gasteiger partial charge is 0.497 e. The summed E-state index contributed by atoms with van der Waals surface area (Å²) in [5.74, 6) is 1.93. The Morgan fingerprint density at radius 3 is 2.72 bits per heavy atom. The molecule has 3 heterocycles. The maximum absolute atomic E-state index is 13.1. The number of methoxy groups -OCH3 is 1. The summed E-state index contributed by atoms with van der Waals surface area (Å²) < 4.78 is 5.25. The topological polar surface area (TPSA) is 78.8 Å². The molecular formula is C22H28N4O3. The number of aromatic nitrogens is 2. The zero-order chi connectivity index (χ0) is 20.4. The number of amides is 1. The van der Waals surface area contributed by atoms with Crippen molar-refractivity contribution < 1.29 is 14.6 Å². The molecule has 0 aliphatic carbocycles. The third kappa shape index (κ3) is 3.67. The lowest BCUT2D eigenvalue weighted by Gasteiger charge is -2.42. The van der Waals surface area contributed by atoms with Gasteiger partial charge in [0, 0.05) is 50.5 Å². The molecule has 7 nitrogen and oxygen atoms in total. The summed E-state index contributed by atoms with van der Waals surface area (Å²) in [6.07, 6.45) is 5.09. The lowest BCUT2D eigenvalue weighted by atomic mass is 9.71. The average Bonchev–Trinajstić information content (AvgIpc) is 3.12. The van der Waals surface area contributed by atoms with Crippen LogP contribution in [0, 0.1) is 18.3 Å². The highest BCUT2D eigenvalue weighted by molar-refractivity contribution is 5.95. The number of anilines is 1. The van der Waals surface area contributed by atoms with Crippen LogP contribution < -0.4 is 9.64 Å². The molecule has 1 spiro atoms. The number of carbonyl (C=O) groups is 1. The van der Waals surface area contributed by atoms with Gasteiger partial charge >= 0.3 is 0 Å². The fraction of sp³-hybridized carbons (Fsp3) is 0.500. The van der Waals surface area contributed by atoms with Crippen molar-refractivity contribution in [2.75, 3.05) is 44.8 Å². The highest BCUT2D eigenvalue weighted by Gasteiger charge is 2.48. The van der Waals surface area contributed by atoms with Gasteiger partial charge in [0.2, 0.25) is 0 Å². The van der Waals surface area contributed by atoms with E-state index < -0.39 is 0 Å². The smallest absolute Gasteiger partial charge is 0.254 e. The van der Waals surface area contributed by atoms with E-state index in [-0.39, 0.29) is 23.8 Å². The summed E-state index contributed by atoms with van der Waals surface area (Å²) in [6.45, 7) is 5.17. The number of hydrogen-bond donors (Lipinski definition) is 1. The van der Waals surface area contributed by atoms with Gasteiger partial charge < -0.3 is 19.6 Å². The molecular weight excluding hydrogens is 368 g/mol. The van der Waals surface area contributed by atoms with E-state index in [0.29, 0.717) is 13.1 Å². The van der Waals surface area contributed by atoms with E-state index in [2.05, 4.69) is 14.9 Å². The second kappa shape index (κ2) is 7.99. The number of piperidine rings is 1. The van der Waals surface area contributed by atoms with Crippen LogP contribution in [0.3, 0.4) is 0 Å². The molecule has 0 bridgehead atoms. The van der Waals surface area contributed by atoms with Crippen LogP contribution in [0.4, 0.5) is 5.82 Å². The zero-order valence-corrected chi connectivity index (χ0v) is 17.0. The van der Waals surface area contributed by atoms with Crippen molar-refractivity contribution in [2.24, 2.45) is 11.3 Å². The summed E-state index contributed by atoms with van der Waals surface area (Å²) >= 11 is 0. The van der Waals surface area contributed by atoms with Crippen LogP contribution in [-0.2, 0) is 0 Å². The quantitative estimate of drug-likeness (QED) is 0.853. The van der Waals surface area contributed by atoms with Gasteiger partial charge in [0.15, 0.2) is 0 Å². The molecule has 2 saturated heterocycles. The number of ether oxygens (including phenoxy) is 1. The predicted molar refractivity (Wildman–Crippen MR) is 110 cm³/mol. The number of rotatable bonds is 4. The van der Waals surface area contributed by atoms with Crippen molar-refractivity contribution >= 4 is 11.7 Å². The van der Waals surface area contributed by atoms with Gasteiger partial charge in [0.25, 0.3) is 5.91 Å². The van der Waals surface area contributed by atoms with Gasteiger partial charge in [-0.3, -0.25) is 4.79 Å².